The highest BCUT2D eigenvalue weighted by molar-refractivity contribution is 6.00. The van der Waals surface area contributed by atoms with Crippen molar-refractivity contribution in [1.82, 2.24) is 0 Å². The molecule has 0 unspecified atom stereocenters. The highest BCUT2D eigenvalue weighted by Crippen LogP contribution is 2.30. The number of hydrogen-bond donors (Lipinski definition) is 0. The third kappa shape index (κ3) is 4.71. The molecule has 22 heavy (non-hydrogen) atoms. The van der Waals surface area contributed by atoms with Crippen molar-refractivity contribution in [3.8, 4) is 0 Å². The van der Waals surface area contributed by atoms with Crippen LogP contribution in [-0.2, 0) is 38.1 Å². The Bertz CT molecular complexity index is 349. The van der Waals surface area contributed by atoms with Crippen LogP contribution in [0.15, 0.2) is 0 Å². The number of ether oxygens (including phenoxy) is 4. The quantitative estimate of drug-likeness (QED) is 0.358. The number of hydrogen-bond acceptors (Lipinski definition) is 8. The molecule has 0 amide bonds. The van der Waals surface area contributed by atoms with Crippen LogP contribution in [0, 0.1) is 17.8 Å². The fourth-order valence-electron chi connectivity index (χ4n) is 2.26. The predicted octanol–water partition coefficient (Wildman–Crippen LogP) is 0.327. The fourth-order valence-corrected chi connectivity index (χ4v) is 2.26. The van der Waals surface area contributed by atoms with Crippen LogP contribution in [0.5, 0.6) is 0 Å². The third-order valence-corrected chi connectivity index (χ3v) is 3.30. The molecule has 0 radical (unpaired) electrons. The Balaban J connectivity index is 5.86. The number of methoxy groups -OCH3 is 4. The van der Waals surface area contributed by atoms with Crippen LogP contribution in [0.25, 0.3) is 0 Å². The molecule has 0 aliphatic carbocycles. The molecule has 0 aliphatic heterocycles. The van der Waals surface area contributed by atoms with E-state index in [2.05, 4.69) is 18.9 Å². The summed E-state index contributed by atoms with van der Waals surface area (Å²) in [5.74, 6) is -7.36. The lowest BCUT2D eigenvalue weighted by atomic mass is 9.78. The molecule has 0 aromatic rings. The van der Waals surface area contributed by atoms with Gasteiger partial charge in [0.2, 0.25) is 0 Å². The first-order valence-electron chi connectivity index (χ1n) is 6.70. The van der Waals surface area contributed by atoms with Gasteiger partial charge in [-0.2, -0.15) is 0 Å². The molecule has 8 nitrogen and oxygen atoms in total. The molecule has 0 atom stereocenters. The minimum atomic E-state index is -1.42. The summed E-state index contributed by atoms with van der Waals surface area (Å²) >= 11 is 0. The van der Waals surface area contributed by atoms with Gasteiger partial charge in [-0.1, -0.05) is 13.3 Å². The van der Waals surface area contributed by atoms with E-state index in [4.69, 9.17) is 0 Å². The summed E-state index contributed by atoms with van der Waals surface area (Å²) < 4.78 is 18.4. The maximum Gasteiger partial charge on any atom is 0.320 e. The van der Waals surface area contributed by atoms with Crippen molar-refractivity contribution >= 4 is 23.9 Å². The zero-order valence-electron chi connectivity index (χ0n) is 13.4. The summed E-state index contributed by atoms with van der Waals surface area (Å²) in [5.41, 5.74) is 0. The van der Waals surface area contributed by atoms with Crippen LogP contribution in [0.1, 0.15) is 19.8 Å². The van der Waals surface area contributed by atoms with E-state index in [0.29, 0.717) is 6.42 Å². The van der Waals surface area contributed by atoms with Crippen molar-refractivity contribution in [3.05, 3.63) is 0 Å². The van der Waals surface area contributed by atoms with Crippen molar-refractivity contribution in [1.29, 1.82) is 0 Å². The largest absolute Gasteiger partial charge is 0.468 e. The van der Waals surface area contributed by atoms with Gasteiger partial charge in [-0.05, 0) is 6.42 Å². The van der Waals surface area contributed by atoms with Gasteiger partial charge >= 0.3 is 23.9 Å². The maximum atomic E-state index is 11.9. The van der Waals surface area contributed by atoms with Crippen LogP contribution in [0.3, 0.4) is 0 Å². The topological polar surface area (TPSA) is 105 Å². The fraction of sp³-hybridized carbons (Fsp3) is 0.714. The minimum Gasteiger partial charge on any atom is -0.468 e. The number of carbonyl (C=O) groups is 4. The second-order valence-corrected chi connectivity index (χ2v) is 4.50. The zero-order valence-corrected chi connectivity index (χ0v) is 13.4. The normalized spacial score (nSPS) is 10.5. The van der Waals surface area contributed by atoms with E-state index in [-0.39, 0.29) is 6.42 Å². The lowest BCUT2D eigenvalue weighted by Crippen LogP contribution is -2.43. The molecule has 0 aromatic heterocycles. The summed E-state index contributed by atoms with van der Waals surface area (Å²) in [5, 5.41) is 0. The first-order valence-corrected chi connectivity index (χ1v) is 6.70. The third-order valence-electron chi connectivity index (χ3n) is 3.30. The average Bonchev–Trinajstić information content (AvgIpc) is 2.53. The standard InChI is InChI=1S/C14H22O8/c1-6-7-8(9(11(15)19-2)12(16)20-3)10(13(17)21-4)14(18)22-5/h8-10H,6-7H2,1-5H3. The van der Waals surface area contributed by atoms with Gasteiger partial charge in [0.25, 0.3) is 0 Å². The summed E-state index contributed by atoms with van der Waals surface area (Å²) in [6.45, 7) is 1.78. The Morgan fingerprint density at radius 3 is 1.14 bits per heavy atom. The van der Waals surface area contributed by atoms with Crippen LogP contribution in [-0.4, -0.2) is 52.3 Å². The van der Waals surface area contributed by atoms with Gasteiger partial charge in [0.15, 0.2) is 11.8 Å². The molecule has 0 saturated carbocycles. The molecule has 0 saturated heterocycles. The summed E-state index contributed by atoms with van der Waals surface area (Å²) in [4.78, 5) is 47.7. The van der Waals surface area contributed by atoms with E-state index in [1.807, 2.05) is 0 Å². The van der Waals surface area contributed by atoms with Gasteiger partial charge in [0.1, 0.15) is 0 Å². The molecule has 0 aromatic carbocycles. The van der Waals surface area contributed by atoms with Crippen molar-refractivity contribution in [2.75, 3.05) is 28.4 Å². The lowest BCUT2D eigenvalue weighted by molar-refractivity contribution is -0.169. The molecule has 0 N–H and O–H groups in total. The monoisotopic (exact) mass is 318 g/mol. The first-order chi connectivity index (χ1) is 10.4. The van der Waals surface area contributed by atoms with Crippen molar-refractivity contribution < 1.29 is 38.1 Å². The number of rotatable bonds is 8. The number of esters is 4. The molecular weight excluding hydrogens is 296 g/mol. The SMILES string of the molecule is CCCC(C(C(=O)OC)C(=O)OC)C(C(=O)OC)C(=O)OC. The van der Waals surface area contributed by atoms with Gasteiger partial charge < -0.3 is 18.9 Å². The predicted molar refractivity (Wildman–Crippen MR) is 73.4 cm³/mol. The number of carbonyl (C=O) groups excluding carboxylic acids is 4. The second kappa shape index (κ2) is 9.75. The first kappa shape index (κ1) is 19.9. The average molecular weight is 318 g/mol. The van der Waals surface area contributed by atoms with Crippen molar-refractivity contribution in [3.63, 3.8) is 0 Å². The van der Waals surface area contributed by atoms with Crippen LogP contribution in [0.2, 0.25) is 0 Å². The van der Waals surface area contributed by atoms with E-state index >= 15 is 0 Å². The van der Waals surface area contributed by atoms with Crippen LogP contribution < -0.4 is 0 Å². The summed E-state index contributed by atoms with van der Waals surface area (Å²) in [7, 11) is 4.41. The van der Waals surface area contributed by atoms with E-state index in [9.17, 15) is 19.2 Å². The lowest BCUT2D eigenvalue weighted by Gasteiger charge is -2.27. The Morgan fingerprint density at radius 2 is 0.955 bits per heavy atom. The van der Waals surface area contributed by atoms with E-state index in [1.165, 1.54) is 0 Å². The van der Waals surface area contributed by atoms with Gasteiger partial charge in [-0.15, -0.1) is 0 Å². The van der Waals surface area contributed by atoms with Crippen molar-refractivity contribution in [2.24, 2.45) is 17.8 Å². The zero-order chi connectivity index (χ0) is 17.3. The second-order valence-electron chi connectivity index (χ2n) is 4.50. The molecule has 0 bridgehead atoms. The molecule has 8 heteroatoms. The Hall–Kier alpha value is -2.12. The Labute approximate surface area is 129 Å². The van der Waals surface area contributed by atoms with Crippen molar-refractivity contribution in [2.45, 2.75) is 19.8 Å². The van der Waals surface area contributed by atoms with Gasteiger partial charge in [0, 0.05) is 5.92 Å². The smallest absolute Gasteiger partial charge is 0.320 e. The Kier molecular flexibility index (Phi) is 8.81. The van der Waals surface area contributed by atoms with Crippen LogP contribution in [0.4, 0.5) is 0 Å². The highest BCUT2D eigenvalue weighted by Gasteiger charge is 2.47. The van der Waals surface area contributed by atoms with Gasteiger partial charge in [0.05, 0.1) is 28.4 Å². The van der Waals surface area contributed by atoms with E-state index in [1.54, 1.807) is 6.92 Å². The molecule has 0 spiro atoms. The Morgan fingerprint density at radius 1 is 0.682 bits per heavy atom. The minimum absolute atomic E-state index is 0.226. The summed E-state index contributed by atoms with van der Waals surface area (Å²) in [6, 6.07) is 0. The molecule has 0 fully saturated rings. The molecule has 126 valence electrons. The summed E-state index contributed by atoms with van der Waals surface area (Å²) in [6.07, 6.45) is 0.739. The van der Waals surface area contributed by atoms with E-state index < -0.39 is 41.6 Å². The maximum absolute atomic E-state index is 11.9. The molecular formula is C14H22O8. The highest BCUT2D eigenvalue weighted by atomic mass is 16.6. The van der Waals surface area contributed by atoms with E-state index in [0.717, 1.165) is 28.4 Å². The molecule has 0 heterocycles. The van der Waals surface area contributed by atoms with Crippen LogP contribution >= 0.6 is 0 Å². The van der Waals surface area contributed by atoms with Gasteiger partial charge in [-0.3, -0.25) is 19.2 Å². The van der Waals surface area contributed by atoms with Gasteiger partial charge in [-0.25, -0.2) is 0 Å². The molecule has 0 rings (SSSR count). The molecule has 0 aliphatic rings.